The van der Waals surface area contributed by atoms with Crippen molar-refractivity contribution in [2.45, 2.75) is 6.42 Å². The third kappa shape index (κ3) is 8.17. The first-order valence-corrected chi connectivity index (χ1v) is 5.68. The molecule has 0 fully saturated rings. The van der Waals surface area contributed by atoms with Crippen LogP contribution in [0, 0.1) is 0 Å². The molecule has 0 aliphatic heterocycles. The Labute approximate surface area is 79.4 Å². The lowest BCUT2D eigenvalue weighted by Gasteiger charge is -2.08. The summed E-state index contributed by atoms with van der Waals surface area (Å²) in [6.07, 6.45) is 0.542. The molecule has 0 bridgehead atoms. The summed E-state index contributed by atoms with van der Waals surface area (Å²) in [5.41, 5.74) is 0. The van der Waals surface area contributed by atoms with Gasteiger partial charge in [-0.1, -0.05) is 0 Å². The molecule has 0 heterocycles. The van der Waals surface area contributed by atoms with Crippen molar-refractivity contribution in [3.05, 3.63) is 0 Å². The van der Waals surface area contributed by atoms with Gasteiger partial charge in [0, 0.05) is 0 Å². The van der Waals surface area contributed by atoms with Crippen LogP contribution in [-0.2, 0) is 14.3 Å². The van der Waals surface area contributed by atoms with Crippen LogP contribution in [0.4, 0.5) is 0 Å². The second-order valence-electron chi connectivity index (χ2n) is 2.96. The molecule has 0 radical (unpaired) electrons. The van der Waals surface area contributed by atoms with Crippen LogP contribution >= 0.6 is 0 Å². The second kappa shape index (κ2) is 6.31. The lowest BCUT2D eigenvalue weighted by Crippen LogP contribution is -2.19. The Bertz CT molecular complexity index is 213. The molecule has 0 aliphatic carbocycles. The van der Waals surface area contributed by atoms with Gasteiger partial charge in [0.15, 0.2) is 0 Å². The summed E-state index contributed by atoms with van der Waals surface area (Å²) in [7, 11) is 0.326. The van der Waals surface area contributed by atoms with Crippen LogP contribution in [0.2, 0.25) is 0 Å². The van der Waals surface area contributed by atoms with Crippen LogP contribution in [0.3, 0.4) is 0 Å². The molecule has 0 aromatic carbocycles. The molecule has 0 spiro atoms. The van der Waals surface area contributed by atoms with E-state index in [1.807, 2.05) is 19.0 Å². The van der Waals surface area contributed by atoms with Gasteiger partial charge >= 0.3 is 0 Å². The number of aliphatic hydroxyl groups excluding tert-OH is 1. The molecule has 6 heteroatoms. The van der Waals surface area contributed by atoms with Crippen LogP contribution in [0.1, 0.15) is 6.42 Å². The monoisotopic (exact) mass is 211 g/mol. The van der Waals surface area contributed by atoms with Crippen LogP contribution in [0.5, 0.6) is 0 Å². The normalized spacial score (nSPS) is 12.3. The van der Waals surface area contributed by atoms with E-state index in [1.54, 1.807) is 0 Å². The lowest BCUT2D eigenvalue weighted by molar-refractivity contribution is 0.205. The Hall–Kier alpha value is -0.170. The van der Waals surface area contributed by atoms with Crippen molar-refractivity contribution >= 4 is 10.1 Å². The summed E-state index contributed by atoms with van der Waals surface area (Å²) >= 11 is 0. The van der Waals surface area contributed by atoms with E-state index in [0.29, 0.717) is 13.0 Å². The van der Waals surface area contributed by atoms with Gasteiger partial charge in [-0.15, -0.1) is 0 Å². The fourth-order valence-electron chi connectivity index (χ4n) is 0.781. The van der Waals surface area contributed by atoms with Gasteiger partial charge in [-0.3, -0.25) is 4.18 Å². The molecular weight excluding hydrogens is 194 g/mol. The highest BCUT2D eigenvalue weighted by atomic mass is 32.2. The Kier molecular flexibility index (Phi) is 6.23. The predicted octanol–water partition coefficient (Wildman–Crippen LogP) is -0.723. The Balaban J connectivity index is 3.64. The first kappa shape index (κ1) is 12.8. The van der Waals surface area contributed by atoms with Gasteiger partial charge in [0.1, 0.15) is 0 Å². The molecule has 0 aliphatic rings. The summed E-state index contributed by atoms with van der Waals surface area (Å²) in [5, 5.41) is 8.35. The van der Waals surface area contributed by atoms with E-state index < -0.39 is 10.1 Å². The van der Waals surface area contributed by atoms with Gasteiger partial charge in [0.05, 0.1) is 19.0 Å². The smallest absolute Gasteiger partial charge is 0.267 e. The molecule has 0 saturated carbocycles. The van der Waals surface area contributed by atoms with Gasteiger partial charge in [-0.2, -0.15) is 8.42 Å². The van der Waals surface area contributed by atoms with Gasteiger partial charge < -0.3 is 10.0 Å². The van der Waals surface area contributed by atoms with E-state index in [9.17, 15) is 8.42 Å². The largest absolute Gasteiger partial charge is 0.394 e. The molecule has 5 nitrogen and oxygen atoms in total. The zero-order valence-electron chi connectivity index (χ0n) is 8.06. The molecule has 13 heavy (non-hydrogen) atoms. The van der Waals surface area contributed by atoms with Crippen molar-refractivity contribution < 1.29 is 17.7 Å². The first-order valence-electron chi connectivity index (χ1n) is 4.10. The van der Waals surface area contributed by atoms with E-state index >= 15 is 0 Å². The van der Waals surface area contributed by atoms with Gasteiger partial charge in [-0.25, -0.2) is 0 Å². The molecule has 80 valence electrons. The molecule has 0 amide bonds. The highest BCUT2D eigenvalue weighted by Crippen LogP contribution is 1.96. The summed E-state index contributed by atoms with van der Waals surface area (Å²) in [5.74, 6) is 0.00514. The summed E-state index contributed by atoms with van der Waals surface area (Å²) in [4.78, 5) is 1.90. The fourth-order valence-corrected chi connectivity index (χ4v) is 1.71. The van der Waals surface area contributed by atoms with Crippen LogP contribution in [0.25, 0.3) is 0 Å². The van der Waals surface area contributed by atoms with Crippen molar-refractivity contribution in [2.75, 3.05) is 39.6 Å². The van der Waals surface area contributed by atoms with Crippen LogP contribution < -0.4 is 0 Å². The third-order valence-electron chi connectivity index (χ3n) is 1.35. The average molecular weight is 211 g/mol. The van der Waals surface area contributed by atoms with Gasteiger partial charge in [0.2, 0.25) is 0 Å². The topological polar surface area (TPSA) is 66.8 Å². The highest BCUT2D eigenvalue weighted by Gasteiger charge is 2.09. The van der Waals surface area contributed by atoms with Crippen LogP contribution in [0.15, 0.2) is 0 Å². The van der Waals surface area contributed by atoms with Crippen molar-refractivity contribution in [1.29, 1.82) is 0 Å². The lowest BCUT2D eigenvalue weighted by atomic mass is 10.5. The molecule has 1 N–H and O–H groups in total. The van der Waals surface area contributed by atoms with E-state index in [2.05, 4.69) is 4.18 Å². The third-order valence-corrected chi connectivity index (χ3v) is 2.67. The standard InChI is InChI=1S/C7H17NO4S/c1-8(2)4-3-7-13(10,11)12-6-5-9/h9H,3-7H2,1-2H3. The fraction of sp³-hybridized carbons (Fsp3) is 1.00. The maximum Gasteiger partial charge on any atom is 0.267 e. The van der Waals surface area contributed by atoms with E-state index in [1.165, 1.54) is 0 Å². The van der Waals surface area contributed by atoms with Crippen molar-refractivity contribution in [1.82, 2.24) is 4.90 Å². The quantitative estimate of drug-likeness (QED) is 0.563. The zero-order valence-corrected chi connectivity index (χ0v) is 8.88. The maximum absolute atomic E-state index is 11.0. The molecule has 0 rings (SSSR count). The van der Waals surface area contributed by atoms with E-state index in [-0.39, 0.29) is 19.0 Å². The average Bonchev–Trinajstić information content (AvgIpc) is 2.00. The number of hydrogen-bond donors (Lipinski definition) is 1. The van der Waals surface area contributed by atoms with Crippen LogP contribution in [-0.4, -0.2) is 58.0 Å². The molecule has 0 aromatic heterocycles. The van der Waals surface area contributed by atoms with E-state index in [4.69, 9.17) is 5.11 Å². The minimum Gasteiger partial charge on any atom is -0.394 e. The Morgan fingerprint density at radius 3 is 2.46 bits per heavy atom. The molecule has 0 aromatic rings. The van der Waals surface area contributed by atoms with Gasteiger partial charge in [-0.05, 0) is 27.1 Å². The molecule has 0 atom stereocenters. The first-order chi connectivity index (χ1) is 5.98. The number of nitrogens with zero attached hydrogens (tertiary/aromatic N) is 1. The van der Waals surface area contributed by atoms with Crippen molar-refractivity contribution in [3.63, 3.8) is 0 Å². The van der Waals surface area contributed by atoms with Crippen molar-refractivity contribution in [3.8, 4) is 0 Å². The number of aliphatic hydroxyl groups is 1. The van der Waals surface area contributed by atoms with Crippen molar-refractivity contribution in [2.24, 2.45) is 0 Å². The molecular formula is C7H17NO4S. The summed E-state index contributed by atoms with van der Waals surface area (Å²) in [6.45, 7) is 0.291. The Morgan fingerprint density at radius 2 is 2.00 bits per heavy atom. The number of rotatable bonds is 7. The maximum atomic E-state index is 11.0. The SMILES string of the molecule is CN(C)CCCS(=O)(=O)OCCO. The second-order valence-corrected chi connectivity index (χ2v) is 4.72. The molecule has 0 unspecified atom stereocenters. The van der Waals surface area contributed by atoms with E-state index in [0.717, 1.165) is 0 Å². The summed E-state index contributed by atoms with van der Waals surface area (Å²) < 4.78 is 26.5. The van der Waals surface area contributed by atoms with Gasteiger partial charge in [0.25, 0.3) is 10.1 Å². The summed E-state index contributed by atoms with van der Waals surface area (Å²) in [6, 6.07) is 0. The minimum atomic E-state index is -3.43. The number of hydrogen-bond acceptors (Lipinski definition) is 5. The zero-order chi connectivity index (χ0) is 10.3. The molecule has 0 saturated heterocycles. The Morgan fingerprint density at radius 1 is 1.38 bits per heavy atom. The highest BCUT2D eigenvalue weighted by molar-refractivity contribution is 7.86. The minimum absolute atomic E-state index is 0.00514. The predicted molar refractivity (Wildman–Crippen MR) is 50.0 cm³/mol.